The van der Waals surface area contributed by atoms with Crippen LogP contribution in [0.5, 0.6) is 0 Å². The summed E-state index contributed by atoms with van der Waals surface area (Å²) in [5.41, 5.74) is 0. The van der Waals surface area contributed by atoms with Gasteiger partial charge in [-0.2, -0.15) is 0 Å². The third-order valence-corrected chi connectivity index (χ3v) is 0. The first-order chi connectivity index (χ1) is 0. The summed E-state index contributed by atoms with van der Waals surface area (Å²) >= 11 is 0. The van der Waals surface area contributed by atoms with Crippen LogP contribution in [0.2, 0.25) is 0 Å². The summed E-state index contributed by atoms with van der Waals surface area (Å²) in [5.74, 6) is 0. The van der Waals surface area contributed by atoms with E-state index in [0.29, 0.717) is 0 Å². The molecule has 0 aliphatic rings. The Kier molecular flexibility index (Phi) is 204. The maximum absolute atomic E-state index is 0. The summed E-state index contributed by atoms with van der Waals surface area (Å²) in [6, 6.07) is 0. The molecule has 20 valence electrons. The van der Waals surface area contributed by atoms with Gasteiger partial charge < -0.3 is 11.0 Å². The molecule has 4 heavy (non-hydrogen) atoms. The molecule has 0 amide bonds. The summed E-state index contributed by atoms with van der Waals surface area (Å²) in [6.45, 7) is 0. The number of hydrogen-bond acceptors (Lipinski definition) is 0. The Labute approximate surface area is 69.5 Å². The van der Waals surface area contributed by atoms with Crippen molar-refractivity contribution in [3.63, 3.8) is 0 Å². The van der Waals surface area contributed by atoms with Crippen molar-refractivity contribution in [1.82, 2.24) is 0 Å². The molecule has 0 N–H and O–H groups in total. The van der Waals surface area contributed by atoms with Gasteiger partial charge in [0.2, 0.25) is 0 Å². The minimum absolute atomic E-state index is 0. The molecule has 4 heteroatoms. The normalized spacial score (nSPS) is 0. The van der Waals surface area contributed by atoms with Crippen LogP contribution in [-0.4, -0.2) is 37.7 Å². The van der Waals surface area contributed by atoms with Gasteiger partial charge in [-0.25, -0.2) is 0 Å². The van der Waals surface area contributed by atoms with Crippen LogP contribution in [-0.2, 0) is 32.7 Å². The zero-order chi connectivity index (χ0) is 0. The van der Waals surface area contributed by atoms with Crippen molar-refractivity contribution >= 4 is 37.7 Å². The minimum atomic E-state index is 0. The molecular weight excluding hydrogens is 120 g/mol. The maximum Gasteiger partial charge on any atom is 4.00 e. The van der Waals surface area contributed by atoms with Crippen LogP contribution in [0.15, 0.2) is 0 Å². The Morgan fingerprint density at radius 2 is 0.750 bits per heavy atom. The molecular formula is H2CaO2Ti. The number of rotatable bonds is 0. The van der Waals surface area contributed by atoms with Crippen LogP contribution in [0.3, 0.4) is 0 Å². The quantitative estimate of drug-likeness (QED) is 0.364. The molecule has 0 unspecified atom stereocenters. The maximum atomic E-state index is 0. The Morgan fingerprint density at radius 1 is 0.750 bits per heavy atom. The van der Waals surface area contributed by atoms with E-state index in [9.17, 15) is 0 Å². The molecule has 0 spiro atoms. The van der Waals surface area contributed by atoms with Crippen LogP contribution < -0.4 is 0 Å². The molecule has 0 saturated carbocycles. The molecule has 0 aliphatic heterocycles. The Morgan fingerprint density at radius 3 is 0.750 bits per heavy atom. The van der Waals surface area contributed by atoms with Gasteiger partial charge in [0.15, 0.2) is 0 Å². The molecule has 0 aromatic carbocycles. The van der Waals surface area contributed by atoms with E-state index in [2.05, 4.69) is 0 Å². The predicted octanol–water partition coefficient (Wildman–Crippen LogP) is -1.16. The van der Waals surface area contributed by atoms with E-state index >= 15 is 0 Å². The summed E-state index contributed by atoms with van der Waals surface area (Å²) in [4.78, 5) is 0. The van der Waals surface area contributed by atoms with Crippen LogP contribution in [0, 0.1) is 0 Å². The molecule has 0 atom stereocenters. The Hall–Kier alpha value is 1.89. The van der Waals surface area contributed by atoms with Crippen LogP contribution in [0.1, 0.15) is 0 Å². The van der Waals surface area contributed by atoms with Crippen molar-refractivity contribution in [2.24, 2.45) is 0 Å². The van der Waals surface area contributed by atoms with Gasteiger partial charge in [0.1, 0.15) is 0 Å². The molecule has 0 heterocycles. The molecule has 2 nitrogen and oxygen atoms in total. The van der Waals surface area contributed by atoms with E-state index in [4.69, 9.17) is 0 Å². The second-order valence-electron chi connectivity index (χ2n) is 0. The summed E-state index contributed by atoms with van der Waals surface area (Å²) in [6.07, 6.45) is 0. The molecule has 0 rings (SSSR count). The Bertz CT molecular complexity index is 6.00. The Balaban J connectivity index is 0. The fraction of sp³-hybridized carbons (Fsp3) is 0. The second-order valence-corrected chi connectivity index (χ2v) is 0. The van der Waals surface area contributed by atoms with E-state index in [1.807, 2.05) is 0 Å². The SMILES string of the molecule is [CaH2].[O-2].[O-2].[Ti+4]. The first kappa shape index (κ1) is 39.4. The van der Waals surface area contributed by atoms with Crippen molar-refractivity contribution in [3.05, 3.63) is 0 Å². The van der Waals surface area contributed by atoms with Crippen molar-refractivity contribution in [3.8, 4) is 0 Å². The summed E-state index contributed by atoms with van der Waals surface area (Å²) in [7, 11) is 0. The molecule has 0 fully saturated rings. The van der Waals surface area contributed by atoms with Crippen molar-refractivity contribution < 1.29 is 32.7 Å². The average molecular weight is 122 g/mol. The summed E-state index contributed by atoms with van der Waals surface area (Å²) < 4.78 is 0. The van der Waals surface area contributed by atoms with E-state index in [0.717, 1.165) is 0 Å². The third-order valence-electron chi connectivity index (χ3n) is 0. The smallest absolute Gasteiger partial charge is 2.00 e. The predicted molar refractivity (Wildman–Crippen MR) is 9.92 cm³/mol. The fourth-order valence-corrected chi connectivity index (χ4v) is 0. The van der Waals surface area contributed by atoms with Gasteiger partial charge in [0.25, 0.3) is 0 Å². The molecule has 0 radical (unpaired) electrons. The largest absolute Gasteiger partial charge is 4.00 e. The van der Waals surface area contributed by atoms with Crippen molar-refractivity contribution in [1.29, 1.82) is 0 Å². The average Bonchev–Trinajstić information content (AvgIpc) is 0. The van der Waals surface area contributed by atoms with Gasteiger partial charge >= 0.3 is 59.5 Å². The molecule has 0 aromatic rings. The fourth-order valence-electron chi connectivity index (χ4n) is 0. The monoisotopic (exact) mass is 122 g/mol. The van der Waals surface area contributed by atoms with E-state index in [1.165, 1.54) is 0 Å². The second kappa shape index (κ2) is 20.7. The van der Waals surface area contributed by atoms with Crippen molar-refractivity contribution in [2.75, 3.05) is 0 Å². The van der Waals surface area contributed by atoms with Crippen LogP contribution >= 0.6 is 0 Å². The molecule has 0 aliphatic carbocycles. The first-order valence-corrected chi connectivity index (χ1v) is 0. The zero-order valence-corrected chi connectivity index (χ0v) is 2.88. The number of hydrogen-bond donors (Lipinski definition) is 0. The summed E-state index contributed by atoms with van der Waals surface area (Å²) in [5, 5.41) is 0. The van der Waals surface area contributed by atoms with Gasteiger partial charge in [-0.1, -0.05) is 0 Å². The van der Waals surface area contributed by atoms with Crippen LogP contribution in [0.25, 0.3) is 0 Å². The van der Waals surface area contributed by atoms with E-state index in [1.54, 1.807) is 0 Å². The van der Waals surface area contributed by atoms with E-state index < -0.39 is 0 Å². The van der Waals surface area contributed by atoms with Crippen LogP contribution in [0.4, 0.5) is 0 Å². The molecule has 0 saturated heterocycles. The van der Waals surface area contributed by atoms with Gasteiger partial charge in [-0.15, -0.1) is 0 Å². The van der Waals surface area contributed by atoms with Crippen molar-refractivity contribution in [2.45, 2.75) is 0 Å². The van der Waals surface area contributed by atoms with Gasteiger partial charge in [0, 0.05) is 0 Å². The zero-order valence-electron chi connectivity index (χ0n) is 1.32. The van der Waals surface area contributed by atoms with Gasteiger partial charge in [-0.05, 0) is 0 Å². The van der Waals surface area contributed by atoms with Gasteiger partial charge in [0.05, 0.1) is 0 Å². The van der Waals surface area contributed by atoms with Gasteiger partial charge in [-0.3, -0.25) is 0 Å². The standard InChI is InChI=1S/Ca.2O.Ti.2H/q;2*-2;+4;;. The third kappa shape index (κ3) is 9.09. The molecule has 0 bridgehead atoms. The van der Waals surface area contributed by atoms with E-state index in [-0.39, 0.29) is 70.4 Å². The minimum Gasteiger partial charge on any atom is -2.00 e. The first-order valence-electron chi connectivity index (χ1n) is 0. The molecule has 0 aromatic heterocycles. The topological polar surface area (TPSA) is 57.0 Å².